The maximum absolute atomic E-state index is 11.1. The van der Waals surface area contributed by atoms with Crippen LogP contribution in [0, 0.1) is 6.92 Å². The molecule has 0 radical (unpaired) electrons. The zero-order chi connectivity index (χ0) is 21.7. The number of aromatic carboxylic acids is 1. The molecule has 0 bridgehead atoms. The highest BCUT2D eigenvalue weighted by Gasteiger charge is 2.39. The summed E-state index contributed by atoms with van der Waals surface area (Å²) in [4.78, 5) is 11.1. The van der Waals surface area contributed by atoms with Gasteiger partial charge in [0.1, 0.15) is 11.9 Å². The van der Waals surface area contributed by atoms with E-state index in [-0.39, 0.29) is 16.9 Å². The summed E-state index contributed by atoms with van der Waals surface area (Å²) in [6.07, 6.45) is 5.92. The highest BCUT2D eigenvalue weighted by molar-refractivity contribution is 5.87. The van der Waals surface area contributed by atoms with Crippen LogP contribution in [0.5, 0.6) is 5.75 Å². The Morgan fingerprint density at radius 2 is 1.57 bits per heavy atom. The van der Waals surface area contributed by atoms with E-state index in [1.54, 1.807) is 24.3 Å². The lowest BCUT2D eigenvalue weighted by atomic mass is 9.62. The summed E-state index contributed by atoms with van der Waals surface area (Å²) >= 11 is 0. The number of hydrogen-bond donors (Lipinski definition) is 1. The Morgan fingerprint density at radius 1 is 0.967 bits per heavy atom. The molecular formula is C27H34O3. The number of hydrogen-bond acceptors (Lipinski definition) is 2. The fourth-order valence-corrected chi connectivity index (χ4v) is 5.41. The largest absolute Gasteiger partial charge is 0.490 e. The van der Waals surface area contributed by atoms with Crippen LogP contribution in [0.25, 0.3) is 0 Å². The van der Waals surface area contributed by atoms with Crippen LogP contribution in [0.2, 0.25) is 0 Å². The monoisotopic (exact) mass is 406 g/mol. The van der Waals surface area contributed by atoms with Crippen molar-refractivity contribution < 1.29 is 14.6 Å². The van der Waals surface area contributed by atoms with E-state index in [1.165, 1.54) is 35.1 Å². The van der Waals surface area contributed by atoms with Crippen LogP contribution in [0.4, 0.5) is 0 Å². The SMILES string of the molecule is Cc1cc2c(cc1[C@H]1CCC[C@@H]1Oc1ccc(C(=O)O)cc1)C(C)(C)CCC2(C)C. The molecule has 2 atom stereocenters. The number of aryl methyl sites for hydroxylation is 1. The van der Waals surface area contributed by atoms with Gasteiger partial charge in [0.25, 0.3) is 0 Å². The molecule has 160 valence electrons. The van der Waals surface area contributed by atoms with Crippen molar-refractivity contribution in [3.05, 3.63) is 64.2 Å². The van der Waals surface area contributed by atoms with Gasteiger partial charge in [0.05, 0.1) is 5.56 Å². The number of carboxylic acids is 1. The molecule has 1 saturated carbocycles. The van der Waals surface area contributed by atoms with Crippen LogP contribution in [0.3, 0.4) is 0 Å². The second-order valence-electron chi connectivity index (χ2n) is 10.5. The highest BCUT2D eigenvalue weighted by atomic mass is 16.5. The molecule has 3 heteroatoms. The van der Waals surface area contributed by atoms with E-state index in [0.29, 0.717) is 11.5 Å². The maximum Gasteiger partial charge on any atom is 0.335 e. The first-order valence-corrected chi connectivity index (χ1v) is 11.2. The van der Waals surface area contributed by atoms with E-state index in [4.69, 9.17) is 9.84 Å². The summed E-state index contributed by atoms with van der Waals surface area (Å²) in [5, 5.41) is 9.12. The third-order valence-corrected chi connectivity index (χ3v) is 7.48. The summed E-state index contributed by atoms with van der Waals surface area (Å²) in [5.74, 6) is 0.236. The molecule has 4 rings (SSSR count). The zero-order valence-corrected chi connectivity index (χ0v) is 18.9. The minimum atomic E-state index is -0.907. The van der Waals surface area contributed by atoms with Crippen molar-refractivity contribution in [3.8, 4) is 5.75 Å². The smallest absolute Gasteiger partial charge is 0.335 e. The predicted octanol–water partition coefficient (Wildman–Crippen LogP) is 6.76. The minimum absolute atomic E-state index is 0.136. The maximum atomic E-state index is 11.1. The van der Waals surface area contributed by atoms with Crippen LogP contribution in [0.1, 0.15) is 98.3 Å². The number of ether oxygens (including phenoxy) is 1. The van der Waals surface area contributed by atoms with Gasteiger partial charge in [-0.15, -0.1) is 0 Å². The van der Waals surface area contributed by atoms with Gasteiger partial charge in [-0.1, -0.05) is 39.8 Å². The molecule has 0 saturated heterocycles. The third kappa shape index (κ3) is 3.75. The van der Waals surface area contributed by atoms with Crippen molar-refractivity contribution in [2.75, 3.05) is 0 Å². The molecule has 30 heavy (non-hydrogen) atoms. The van der Waals surface area contributed by atoms with Gasteiger partial charge < -0.3 is 9.84 Å². The number of rotatable bonds is 4. The Labute approximate surface area is 180 Å². The summed E-state index contributed by atoms with van der Waals surface area (Å²) in [6.45, 7) is 11.8. The van der Waals surface area contributed by atoms with E-state index in [2.05, 4.69) is 46.8 Å². The topological polar surface area (TPSA) is 46.5 Å². The molecule has 2 aliphatic rings. The zero-order valence-electron chi connectivity index (χ0n) is 18.9. The first-order chi connectivity index (χ1) is 14.1. The van der Waals surface area contributed by atoms with E-state index in [9.17, 15) is 4.79 Å². The second kappa shape index (κ2) is 7.44. The van der Waals surface area contributed by atoms with Gasteiger partial charge in [-0.3, -0.25) is 0 Å². The van der Waals surface area contributed by atoms with Crippen LogP contribution in [-0.2, 0) is 10.8 Å². The van der Waals surface area contributed by atoms with Gasteiger partial charge in [0, 0.05) is 5.92 Å². The predicted molar refractivity (Wildman–Crippen MR) is 121 cm³/mol. The number of benzene rings is 2. The molecule has 0 aliphatic heterocycles. The molecule has 0 spiro atoms. The second-order valence-corrected chi connectivity index (χ2v) is 10.5. The Bertz CT molecular complexity index is 953. The Morgan fingerprint density at radius 3 is 2.17 bits per heavy atom. The summed E-state index contributed by atoms with van der Waals surface area (Å²) in [6, 6.07) is 11.7. The van der Waals surface area contributed by atoms with E-state index < -0.39 is 5.97 Å². The van der Waals surface area contributed by atoms with Crippen molar-refractivity contribution in [1.29, 1.82) is 0 Å². The minimum Gasteiger partial charge on any atom is -0.490 e. The van der Waals surface area contributed by atoms with Crippen LogP contribution in [-0.4, -0.2) is 17.2 Å². The third-order valence-electron chi connectivity index (χ3n) is 7.48. The normalized spacial score (nSPS) is 24.3. The Hall–Kier alpha value is -2.29. The Balaban J connectivity index is 1.65. The first kappa shape index (κ1) is 21.0. The lowest BCUT2D eigenvalue weighted by Crippen LogP contribution is -2.34. The summed E-state index contributed by atoms with van der Waals surface area (Å²) in [5.41, 5.74) is 6.56. The number of carbonyl (C=O) groups is 1. The van der Waals surface area contributed by atoms with Gasteiger partial charge in [0.2, 0.25) is 0 Å². The molecule has 3 nitrogen and oxygen atoms in total. The van der Waals surface area contributed by atoms with Gasteiger partial charge in [0.15, 0.2) is 0 Å². The van der Waals surface area contributed by atoms with E-state index in [0.717, 1.165) is 25.0 Å². The van der Waals surface area contributed by atoms with Crippen LogP contribution < -0.4 is 4.74 Å². The van der Waals surface area contributed by atoms with Crippen molar-refractivity contribution >= 4 is 5.97 Å². The average molecular weight is 407 g/mol. The molecule has 0 amide bonds. The quantitative estimate of drug-likeness (QED) is 0.610. The van der Waals surface area contributed by atoms with Crippen LogP contribution in [0.15, 0.2) is 36.4 Å². The highest BCUT2D eigenvalue weighted by Crippen LogP contribution is 2.48. The number of carboxylic acid groups (broad SMARTS) is 1. The van der Waals surface area contributed by atoms with Gasteiger partial charge in [-0.05, 0) is 96.4 Å². The standard InChI is InChI=1S/C27H34O3/c1-17-15-22-23(27(4,5)14-13-26(22,2)3)16-21(17)20-7-6-8-24(20)30-19-11-9-18(10-12-19)25(28)29/h9-12,15-16,20,24H,6-8,13-14H2,1-5H3,(H,28,29)/t20-,24+/m1/s1. The molecule has 0 aromatic heterocycles. The molecule has 2 aliphatic carbocycles. The molecule has 2 aromatic carbocycles. The Kier molecular flexibility index (Phi) is 5.20. The van der Waals surface area contributed by atoms with E-state index >= 15 is 0 Å². The summed E-state index contributed by atoms with van der Waals surface area (Å²) in [7, 11) is 0. The number of fused-ring (bicyclic) bond motifs is 1. The van der Waals surface area contributed by atoms with Gasteiger partial charge in [-0.25, -0.2) is 4.79 Å². The van der Waals surface area contributed by atoms with Crippen molar-refractivity contribution in [1.82, 2.24) is 0 Å². The molecule has 1 fully saturated rings. The van der Waals surface area contributed by atoms with E-state index in [1.807, 2.05) is 0 Å². The van der Waals surface area contributed by atoms with Crippen molar-refractivity contribution in [3.63, 3.8) is 0 Å². The molecule has 1 N–H and O–H groups in total. The first-order valence-electron chi connectivity index (χ1n) is 11.2. The lowest BCUT2D eigenvalue weighted by molar-refractivity contribution is 0.0697. The molecule has 2 aromatic rings. The fraction of sp³-hybridized carbons (Fsp3) is 0.519. The van der Waals surface area contributed by atoms with Gasteiger partial charge in [-0.2, -0.15) is 0 Å². The van der Waals surface area contributed by atoms with Crippen LogP contribution >= 0.6 is 0 Å². The molecular weight excluding hydrogens is 372 g/mol. The van der Waals surface area contributed by atoms with Gasteiger partial charge >= 0.3 is 5.97 Å². The van der Waals surface area contributed by atoms with Crippen molar-refractivity contribution in [2.24, 2.45) is 0 Å². The fourth-order valence-electron chi connectivity index (χ4n) is 5.41. The van der Waals surface area contributed by atoms with Crippen molar-refractivity contribution in [2.45, 2.75) is 89.6 Å². The molecule has 0 heterocycles. The average Bonchev–Trinajstić information content (AvgIpc) is 3.13. The lowest BCUT2D eigenvalue weighted by Gasteiger charge is -2.43. The summed E-state index contributed by atoms with van der Waals surface area (Å²) < 4.78 is 6.38. The molecule has 0 unspecified atom stereocenters.